The van der Waals surface area contributed by atoms with Gasteiger partial charge < -0.3 is 9.73 Å². The number of benzene rings is 1. The maximum atomic E-state index is 12.3. The second-order valence-electron chi connectivity index (χ2n) is 6.30. The zero-order valence-corrected chi connectivity index (χ0v) is 16.7. The molecule has 0 aliphatic heterocycles. The lowest BCUT2D eigenvalue weighted by Gasteiger charge is -2.02. The highest BCUT2D eigenvalue weighted by Crippen LogP contribution is 2.29. The zero-order chi connectivity index (χ0) is 20.2. The topological polar surface area (TPSA) is 83.8 Å². The first-order valence-electron chi connectivity index (χ1n) is 8.88. The molecule has 3 heterocycles. The van der Waals surface area contributed by atoms with E-state index in [0.29, 0.717) is 40.2 Å². The summed E-state index contributed by atoms with van der Waals surface area (Å²) in [6.07, 6.45) is 3.91. The second-order valence-corrected chi connectivity index (χ2v) is 7.12. The van der Waals surface area contributed by atoms with Crippen LogP contribution in [0.5, 0.6) is 0 Å². The minimum Gasteiger partial charge on any atom is -0.461 e. The van der Waals surface area contributed by atoms with Gasteiger partial charge >= 0.3 is 0 Å². The largest absolute Gasteiger partial charge is 0.461 e. The summed E-state index contributed by atoms with van der Waals surface area (Å²) in [6, 6.07) is 14.4. The molecule has 0 fully saturated rings. The van der Waals surface area contributed by atoms with Crippen LogP contribution in [0.1, 0.15) is 16.2 Å². The summed E-state index contributed by atoms with van der Waals surface area (Å²) in [7, 11) is 0. The van der Waals surface area contributed by atoms with Crippen molar-refractivity contribution in [3.63, 3.8) is 0 Å². The molecule has 0 atom stereocenters. The Morgan fingerprint density at radius 1 is 1.00 bits per heavy atom. The highest BCUT2D eigenvalue weighted by molar-refractivity contribution is 6.42. The summed E-state index contributed by atoms with van der Waals surface area (Å²) in [5.41, 5.74) is 2.82. The van der Waals surface area contributed by atoms with Gasteiger partial charge in [-0.1, -0.05) is 23.2 Å². The molecule has 4 aromatic rings. The second kappa shape index (κ2) is 8.51. The van der Waals surface area contributed by atoms with E-state index < -0.39 is 0 Å². The van der Waals surface area contributed by atoms with Gasteiger partial charge in [-0.25, -0.2) is 0 Å². The third kappa shape index (κ3) is 4.50. The van der Waals surface area contributed by atoms with Crippen LogP contribution in [-0.2, 0) is 6.42 Å². The quantitative estimate of drug-likeness (QED) is 0.453. The summed E-state index contributed by atoms with van der Waals surface area (Å²) >= 11 is 12.0. The van der Waals surface area contributed by atoms with Gasteiger partial charge in [-0.3, -0.25) is 14.9 Å². The van der Waals surface area contributed by atoms with Crippen molar-refractivity contribution in [2.24, 2.45) is 0 Å². The molecule has 6 nitrogen and oxygen atoms in total. The van der Waals surface area contributed by atoms with E-state index in [1.54, 1.807) is 30.6 Å². The molecule has 146 valence electrons. The van der Waals surface area contributed by atoms with Gasteiger partial charge in [-0.05, 0) is 48.5 Å². The van der Waals surface area contributed by atoms with Gasteiger partial charge in [0.25, 0.3) is 5.91 Å². The van der Waals surface area contributed by atoms with Crippen LogP contribution in [0.3, 0.4) is 0 Å². The molecule has 1 amide bonds. The van der Waals surface area contributed by atoms with Crippen molar-refractivity contribution in [1.82, 2.24) is 20.5 Å². The van der Waals surface area contributed by atoms with E-state index in [0.717, 1.165) is 16.9 Å². The molecule has 0 bridgehead atoms. The van der Waals surface area contributed by atoms with E-state index in [9.17, 15) is 4.79 Å². The first kappa shape index (κ1) is 19.2. The van der Waals surface area contributed by atoms with Crippen molar-refractivity contribution in [3.8, 4) is 22.6 Å². The van der Waals surface area contributed by atoms with E-state index in [2.05, 4.69) is 20.5 Å². The Morgan fingerprint density at radius 3 is 2.62 bits per heavy atom. The number of furan rings is 1. The maximum absolute atomic E-state index is 12.3. The fourth-order valence-electron chi connectivity index (χ4n) is 2.82. The van der Waals surface area contributed by atoms with Crippen molar-refractivity contribution in [2.75, 3.05) is 6.54 Å². The number of nitrogens with zero attached hydrogens (tertiary/aromatic N) is 2. The number of carbonyl (C=O) groups excluding carboxylic acids is 1. The van der Waals surface area contributed by atoms with Crippen molar-refractivity contribution >= 4 is 29.1 Å². The Balaban J connectivity index is 1.34. The Morgan fingerprint density at radius 2 is 1.83 bits per heavy atom. The zero-order valence-electron chi connectivity index (χ0n) is 15.2. The standard InChI is InChI=1S/C21H16Cl2N4O2/c22-16-3-1-14(11-17(16)23)20-4-2-15(29-20)7-10-25-21(28)19-12-18(26-27-19)13-5-8-24-9-6-13/h1-6,8-9,11-12H,7,10H2,(H,25,28)(H,26,27). The summed E-state index contributed by atoms with van der Waals surface area (Å²) < 4.78 is 5.83. The molecule has 0 saturated carbocycles. The van der Waals surface area contributed by atoms with Crippen molar-refractivity contribution in [1.29, 1.82) is 0 Å². The Hall–Kier alpha value is -3.09. The lowest BCUT2D eigenvalue weighted by Crippen LogP contribution is -2.25. The highest BCUT2D eigenvalue weighted by atomic mass is 35.5. The summed E-state index contributed by atoms with van der Waals surface area (Å²) in [4.78, 5) is 16.3. The first-order chi connectivity index (χ1) is 14.1. The van der Waals surface area contributed by atoms with E-state index in [4.69, 9.17) is 27.6 Å². The highest BCUT2D eigenvalue weighted by Gasteiger charge is 2.12. The van der Waals surface area contributed by atoms with Crippen LogP contribution in [-0.4, -0.2) is 27.6 Å². The summed E-state index contributed by atoms with van der Waals surface area (Å²) in [5.74, 6) is 1.22. The van der Waals surface area contributed by atoms with Crippen LogP contribution >= 0.6 is 23.2 Å². The fraction of sp³-hybridized carbons (Fsp3) is 0.0952. The predicted octanol–water partition coefficient (Wildman–Crippen LogP) is 5.01. The molecule has 0 unspecified atom stereocenters. The van der Waals surface area contributed by atoms with Crippen molar-refractivity contribution in [3.05, 3.63) is 82.4 Å². The molecule has 4 rings (SSSR count). The Kier molecular flexibility index (Phi) is 5.64. The van der Waals surface area contributed by atoms with Crippen LogP contribution in [0.2, 0.25) is 10.0 Å². The predicted molar refractivity (Wildman–Crippen MR) is 112 cm³/mol. The SMILES string of the molecule is O=C(NCCc1ccc(-c2ccc(Cl)c(Cl)c2)o1)c1cc(-c2ccncc2)n[nH]1. The van der Waals surface area contributed by atoms with Crippen LogP contribution in [0.15, 0.2) is 65.3 Å². The molecule has 1 aromatic carbocycles. The minimum absolute atomic E-state index is 0.228. The molecule has 0 spiro atoms. The van der Waals surface area contributed by atoms with Crippen molar-refractivity contribution < 1.29 is 9.21 Å². The fourth-order valence-corrected chi connectivity index (χ4v) is 3.12. The Labute approximate surface area is 176 Å². The monoisotopic (exact) mass is 426 g/mol. The number of amides is 1. The number of halogens is 2. The smallest absolute Gasteiger partial charge is 0.269 e. The lowest BCUT2D eigenvalue weighted by atomic mass is 10.2. The summed E-state index contributed by atoms with van der Waals surface area (Å²) in [6.45, 7) is 0.427. The third-order valence-corrected chi connectivity index (χ3v) is 5.06. The number of aromatic amines is 1. The molecule has 0 radical (unpaired) electrons. The number of rotatable bonds is 6. The van der Waals surface area contributed by atoms with E-state index in [-0.39, 0.29) is 5.91 Å². The molecular weight excluding hydrogens is 411 g/mol. The van der Waals surface area contributed by atoms with E-state index >= 15 is 0 Å². The summed E-state index contributed by atoms with van der Waals surface area (Å²) in [5, 5.41) is 10.8. The molecule has 3 aromatic heterocycles. The molecule has 0 aliphatic rings. The molecule has 8 heteroatoms. The number of hydrogen-bond donors (Lipinski definition) is 2. The van der Waals surface area contributed by atoms with Gasteiger partial charge in [-0.15, -0.1) is 0 Å². The molecule has 0 saturated heterocycles. The third-order valence-electron chi connectivity index (χ3n) is 4.32. The lowest BCUT2D eigenvalue weighted by molar-refractivity contribution is 0.0948. The average Bonchev–Trinajstić information content (AvgIpc) is 3.41. The van der Waals surface area contributed by atoms with Crippen LogP contribution in [0, 0.1) is 0 Å². The molecule has 2 N–H and O–H groups in total. The van der Waals surface area contributed by atoms with Gasteiger partial charge in [0, 0.05) is 36.5 Å². The number of nitrogens with one attached hydrogen (secondary N) is 2. The number of aromatic nitrogens is 3. The van der Waals surface area contributed by atoms with Gasteiger partial charge in [0.1, 0.15) is 17.2 Å². The normalized spacial score (nSPS) is 10.8. The van der Waals surface area contributed by atoms with Crippen LogP contribution in [0.25, 0.3) is 22.6 Å². The van der Waals surface area contributed by atoms with Gasteiger partial charge in [-0.2, -0.15) is 5.10 Å². The number of pyridine rings is 1. The van der Waals surface area contributed by atoms with Gasteiger partial charge in [0.2, 0.25) is 0 Å². The number of hydrogen-bond acceptors (Lipinski definition) is 4. The van der Waals surface area contributed by atoms with Crippen molar-refractivity contribution in [2.45, 2.75) is 6.42 Å². The minimum atomic E-state index is -0.228. The molecule has 0 aliphatic carbocycles. The van der Waals surface area contributed by atoms with Crippen LogP contribution < -0.4 is 5.32 Å². The molecule has 29 heavy (non-hydrogen) atoms. The average molecular weight is 427 g/mol. The van der Waals surface area contributed by atoms with E-state index in [1.807, 2.05) is 30.3 Å². The molecular formula is C21H16Cl2N4O2. The van der Waals surface area contributed by atoms with Gasteiger partial charge in [0.15, 0.2) is 0 Å². The number of H-pyrrole nitrogens is 1. The van der Waals surface area contributed by atoms with Crippen LogP contribution in [0.4, 0.5) is 0 Å². The van der Waals surface area contributed by atoms with Gasteiger partial charge in [0.05, 0.1) is 15.7 Å². The van der Waals surface area contributed by atoms with E-state index in [1.165, 1.54) is 0 Å². The maximum Gasteiger partial charge on any atom is 0.269 e. The first-order valence-corrected chi connectivity index (χ1v) is 9.64. The Bertz CT molecular complexity index is 1140. The number of carbonyl (C=O) groups is 1.